The fraction of sp³-hybridized carbons (Fsp3) is 0.417. The van der Waals surface area contributed by atoms with Gasteiger partial charge in [0.15, 0.2) is 5.13 Å². The predicted octanol–water partition coefficient (Wildman–Crippen LogP) is 0.474. The second-order valence-corrected chi connectivity index (χ2v) is 7.54. The van der Waals surface area contributed by atoms with E-state index in [1.165, 1.54) is 16.6 Å². The zero-order chi connectivity index (χ0) is 14.9. The van der Waals surface area contributed by atoms with Crippen LogP contribution in [0.3, 0.4) is 0 Å². The van der Waals surface area contributed by atoms with E-state index in [0.717, 1.165) is 5.13 Å². The van der Waals surface area contributed by atoms with Gasteiger partial charge >= 0.3 is 0 Å². The molecule has 0 aliphatic carbocycles. The van der Waals surface area contributed by atoms with E-state index in [9.17, 15) is 8.42 Å². The lowest BCUT2D eigenvalue weighted by atomic mass is 10.4. The predicted molar refractivity (Wildman–Crippen MR) is 79.8 cm³/mol. The fourth-order valence-electron chi connectivity index (χ4n) is 2.30. The smallest absolute Gasteiger partial charge is 0.244 e. The zero-order valence-electron chi connectivity index (χ0n) is 11.3. The van der Waals surface area contributed by atoms with Crippen molar-refractivity contribution in [1.29, 1.82) is 0 Å². The summed E-state index contributed by atoms with van der Waals surface area (Å²) in [5.74, 6) is 0. The third-order valence-corrected chi connectivity index (χ3v) is 6.16. The lowest BCUT2D eigenvalue weighted by Gasteiger charge is -2.33. The number of sulfonamides is 1. The molecule has 2 N–H and O–H groups in total. The standard InChI is InChI=1S/C12H16N4O3S2/c17-9-10-7-11(8-14-10)21(18,19)16-4-2-15(3-5-16)12-13-1-6-20-12/h1,6-8,14,17H,2-5,9H2. The van der Waals surface area contributed by atoms with Crippen molar-refractivity contribution in [3.8, 4) is 0 Å². The van der Waals surface area contributed by atoms with Gasteiger partial charge in [-0.2, -0.15) is 4.31 Å². The maximum Gasteiger partial charge on any atom is 0.244 e. The molecule has 7 nitrogen and oxygen atoms in total. The third-order valence-electron chi connectivity index (χ3n) is 3.45. The number of thiazole rings is 1. The quantitative estimate of drug-likeness (QED) is 0.852. The van der Waals surface area contributed by atoms with Crippen molar-refractivity contribution < 1.29 is 13.5 Å². The van der Waals surface area contributed by atoms with Gasteiger partial charge in [0, 0.05) is 49.6 Å². The first-order chi connectivity index (χ1) is 10.1. The first-order valence-corrected chi connectivity index (χ1v) is 8.86. The van der Waals surface area contributed by atoms with E-state index in [-0.39, 0.29) is 11.5 Å². The number of aliphatic hydroxyl groups is 1. The van der Waals surface area contributed by atoms with Gasteiger partial charge in [-0.1, -0.05) is 0 Å². The highest BCUT2D eigenvalue weighted by Crippen LogP contribution is 2.22. The molecule has 2 aromatic heterocycles. The van der Waals surface area contributed by atoms with Crippen LogP contribution in [0.4, 0.5) is 5.13 Å². The van der Waals surface area contributed by atoms with Crippen LogP contribution in [0.25, 0.3) is 0 Å². The summed E-state index contributed by atoms with van der Waals surface area (Å²) in [6.07, 6.45) is 3.17. The van der Waals surface area contributed by atoms with Crippen molar-refractivity contribution in [2.24, 2.45) is 0 Å². The number of anilines is 1. The van der Waals surface area contributed by atoms with Crippen molar-refractivity contribution in [3.05, 3.63) is 29.5 Å². The van der Waals surface area contributed by atoms with Crippen LogP contribution in [0.5, 0.6) is 0 Å². The van der Waals surface area contributed by atoms with E-state index in [4.69, 9.17) is 5.11 Å². The van der Waals surface area contributed by atoms with E-state index in [1.807, 2.05) is 5.38 Å². The van der Waals surface area contributed by atoms with Crippen LogP contribution in [0, 0.1) is 0 Å². The molecule has 2 aromatic rings. The number of hydrogen-bond donors (Lipinski definition) is 2. The van der Waals surface area contributed by atoms with Gasteiger partial charge in [0.05, 0.1) is 11.5 Å². The molecule has 3 heterocycles. The molecule has 0 radical (unpaired) electrons. The van der Waals surface area contributed by atoms with Crippen molar-refractivity contribution >= 4 is 26.5 Å². The van der Waals surface area contributed by atoms with Crippen LogP contribution >= 0.6 is 11.3 Å². The molecule has 114 valence electrons. The Morgan fingerprint density at radius 3 is 2.67 bits per heavy atom. The van der Waals surface area contributed by atoms with Crippen molar-refractivity contribution in [2.75, 3.05) is 31.1 Å². The normalized spacial score (nSPS) is 17.3. The van der Waals surface area contributed by atoms with Crippen LogP contribution in [0.2, 0.25) is 0 Å². The van der Waals surface area contributed by atoms with E-state index >= 15 is 0 Å². The molecule has 0 amide bonds. The topological polar surface area (TPSA) is 89.5 Å². The van der Waals surface area contributed by atoms with Gasteiger partial charge in [-0.05, 0) is 6.07 Å². The summed E-state index contributed by atoms with van der Waals surface area (Å²) in [4.78, 5) is 9.29. The van der Waals surface area contributed by atoms with Crippen molar-refractivity contribution in [1.82, 2.24) is 14.3 Å². The SMILES string of the molecule is O=S(=O)(c1c[nH]c(CO)c1)N1CCN(c2nccs2)CC1. The number of aromatic nitrogens is 2. The molecule has 9 heteroatoms. The second-order valence-electron chi connectivity index (χ2n) is 4.72. The molecule has 1 fully saturated rings. The Hall–Kier alpha value is -1.42. The summed E-state index contributed by atoms with van der Waals surface area (Å²) in [5.41, 5.74) is 0.495. The Kier molecular flexibility index (Phi) is 3.98. The van der Waals surface area contributed by atoms with E-state index in [2.05, 4.69) is 14.9 Å². The number of piperazine rings is 1. The van der Waals surface area contributed by atoms with Gasteiger partial charge in [-0.15, -0.1) is 11.3 Å². The van der Waals surface area contributed by atoms with Crippen molar-refractivity contribution in [3.63, 3.8) is 0 Å². The number of nitrogens with one attached hydrogen (secondary N) is 1. The molecular weight excluding hydrogens is 312 g/mol. The van der Waals surface area contributed by atoms with Gasteiger partial charge in [0.1, 0.15) is 0 Å². The fourth-order valence-corrected chi connectivity index (χ4v) is 4.44. The zero-order valence-corrected chi connectivity index (χ0v) is 12.9. The maximum atomic E-state index is 12.5. The molecule has 21 heavy (non-hydrogen) atoms. The lowest BCUT2D eigenvalue weighted by molar-refractivity contribution is 0.277. The Morgan fingerprint density at radius 2 is 2.10 bits per heavy atom. The number of aromatic amines is 1. The Bertz CT molecular complexity index is 688. The molecule has 3 rings (SSSR count). The van der Waals surface area contributed by atoms with E-state index in [1.54, 1.807) is 17.5 Å². The average molecular weight is 328 g/mol. The van der Waals surface area contributed by atoms with Gasteiger partial charge in [0.25, 0.3) is 0 Å². The first kappa shape index (κ1) is 14.5. The molecule has 1 aliphatic heterocycles. The maximum absolute atomic E-state index is 12.5. The molecule has 1 saturated heterocycles. The second kappa shape index (κ2) is 5.76. The number of aliphatic hydroxyl groups excluding tert-OH is 1. The Labute approximate surface area is 126 Å². The summed E-state index contributed by atoms with van der Waals surface area (Å²) in [6.45, 7) is 1.92. The summed E-state index contributed by atoms with van der Waals surface area (Å²) < 4.78 is 26.5. The average Bonchev–Trinajstić information content (AvgIpc) is 3.19. The number of rotatable bonds is 4. The molecule has 0 bridgehead atoms. The molecule has 0 saturated carbocycles. The Morgan fingerprint density at radius 1 is 1.33 bits per heavy atom. The highest BCUT2D eigenvalue weighted by atomic mass is 32.2. The van der Waals surface area contributed by atoms with Crippen molar-refractivity contribution in [2.45, 2.75) is 11.5 Å². The number of H-pyrrole nitrogens is 1. The van der Waals surface area contributed by atoms with Crippen LogP contribution in [-0.4, -0.2) is 54.0 Å². The lowest BCUT2D eigenvalue weighted by Crippen LogP contribution is -2.48. The summed E-state index contributed by atoms with van der Waals surface area (Å²) in [5, 5.41) is 11.9. The Balaban J connectivity index is 1.71. The molecule has 0 aromatic carbocycles. The highest BCUT2D eigenvalue weighted by molar-refractivity contribution is 7.89. The van der Waals surface area contributed by atoms with Gasteiger partial charge < -0.3 is 15.0 Å². The summed E-state index contributed by atoms with van der Waals surface area (Å²) >= 11 is 1.55. The van der Waals surface area contributed by atoms with E-state index in [0.29, 0.717) is 31.9 Å². The van der Waals surface area contributed by atoms with Crippen LogP contribution in [-0.2, 0) is 16.6 Å². The molecular formula is C12H16N4O3S2. The molecule has 1 aliphatic rings. The molecule has 0 spiro atoms. The van der Waals surface area contributed by atoms with E-state index < -0.39 is 10.0 Å². The van der Waals surface area contributed by atoms with Crippen LogP contribution < -0.4 is 4.90 Å². The molecule has 0 atom stereocenters. The van der Waals surface area contributed by atoms with Crippen LogP contribution in [0.15, 0.2) is 28.7 Å². The monoisotopic (exact) mass is 328 g/mol. The number of hydrogen-bond acceptors (Lipinski definition) is 6. The minimum absolute atomic E-state index is 0.201. The summed E-state index contributed by atoms with van der Waals surface area (Å²) in [6, 6.07) is 1.47. The van der Waals surface area contributed by atoms with Crippen LogP contribution in [0.1, 0.15) is 5.69 Å². The minimum atomic E-state index is -3.50. The number of nitrogens with zero attached hydrogens (tertiary/aromatic N) is 3. The van der Waals surface area contributed by atoms with Gasteiger partial charge in [-0.25, -0.2) is 13.4 Å². The first-order valence-electron chi connectivity index (χ1n) is 6.54. The van der Waals surface area contributed by atoms with Gasteiger partial charge in [0.2, 0.25) is 10.0 Å². The molecule has 0 unspecified atom stereocenters. The van der Waals surface area contributed by atoms with Gasteiger partial charge in [-0.3, -0.25) is 0 Å². The highest BCUT2D eigenvalue weighted by Gasteiger charge is 2.29. The minimum Gasteiger partial charge on any atom is -0.390 e. The summed E-state index contributed by atoms with van der Waals surface area (Å²) in [7, 11) is -3.50. The third kappa shape index (κ3) is 2.82. The largest absolute Gasteiger partial charge is 0.390 e.